The summed E-state index contributed by atoms with van der Waals surface area (Å²) in [6.07, 6.45) is 0. The number of fused-ring (bicyclic) bond motifs is 1. The number of rotatable bonds is 3. The molecular formula is C18H16FN5OS. The molecule has 8 heteroatoms. The first-order valence-electron chi connectivity index (χ1n) is 8.05. The van der Waals surface area contributed by atoms with E-state index >= 15 is 0 Å². The number of hydrogen-bond acceptors (Lipinski definition) is 5. The smallest absolute Gasteiger partial charge is 0.326 e. The van der Waals surface area contributed by atoms with Crippen LogP contribution in [0.4, 0.5) is 4.39 Å². The predicted octanol–water partition coefficient (Wildman–Crippen LogP) is 2.60. The Morgan fingerprint density at radius 3 is 2.77 bits per heavy atom. The second kappa shape index (κ2) is 6.80. The van der Waals surface area contributed by atoms with Crippen molar-refractivity contribution in [1.82, 2.24) is 14.9 Å². The summed E-state index contributed by atoms with van der Waals surface area (Å²) in [7, 11) is 1.73. The molecule has 0 saturated carbocycles. The lowest BCUT2D eigenvalue weighted by Crippen LogP contribution is -2.24. The molecule has 0 saturated heterocycles. The molecule has 0 radical (unpaired) electrons. The summed E-state index contributed by atoms with van der Waals surface area (Å²) in [6, 6.07) is 12.1. The van der Waals surface area contributed by atoms with Crippen molar-refractivity contribution in [3.63, 3.8) is 0 Å². The van der Waals surface area contributed by atoms with Gasteiger partial charge in [0.2, 0.25) is 0 Å². The molecule has 4 rings (SSSR count). The summed E-state index contributed by atoms with van der Waals surface area (Å²) >= 11 is 1.56. The van der Waals surface area contributed by atoms with Crippen LogP contribution in [0.2, 0.25) is 0 Å². The van der Waals surface area contributed by atoms with E-state index in [-0.39, 0.29) is 11.5 Å². The molecule has 1 aromatic heterocycles. The number of benzene rings is 2. The van der Waals surface area contributed by atoms with E-state index in [2.05, 4.69) is 20.5 Å². The summed E-state index contributed by atoms with van der Waals surface area (Å²) in [4.78, 5) is 14.5. The Balaban J connectivity index is 1.50. The molecule has 26 heavy (non-hydrogen) atoms. The maximum Gasteiger partial charge on any atom is 0.326 e. The zero-order valence-corrected chi connectivity index (χ0v) is 14.8. The van der Waals surface area contributed by atoms with Gasteiger partial charge in [-0.2, -0.15) is 5.10 Å². The highest BCUT2D eigenvalue weighted by Gasteiger charge is 2.14. The highest BCUT2D eigenvalue weighted by molar-refractivity contribution is 8.14. The molecule has 0 bridgehead atoms. The van der Waals surface area contributed by atoms with Gasteiger partial charge in [0, 0.05) is 24.9 Å². The average molecular weight is 369 g/mol. The third-order valence-electron chi connectivity index (χ3n) is 4.20. The molecule has 0 fully saturated rings. The summed E-state index contributed by atoms with van der Waals surface area (Å²) in [5, 5.41) is 12.5. The Kier molecular flexibility index (Phi) is 4.34. The Morgan fingerprint density at radius 1 is 1.23 bits per heavy atom. The minimum absolute atomic E-state index is 0.137. The largest absolute Gasteiger partial charge is 0.359 e. The zero-order valence-electron chi connectivity index (χ0n) is 14.0. The molecule has 0 spiro atoms. The van der Waals surface area contributed by atoms with E-state index in [0.717, 1.165) is 33.0 Å². The van der Waals surface area contributed by atoms with E-state index in [1.54, 1.807) is 35.5 Å². The van der Waals surface area contributed by atoms with Gasteiger partial charge in [0.25, 0.3) is 0 Å². The number of H-pyrrole nitrogens is 1. The van der Waals surface area contributed by atoms with Crippen molar-refractivity contribution in [3.8, 4) is 0 Å². The van der Waals surface area contributed by atoms with Crippen molar-refractivity contribution in [1.29, 1.82) is 0 Å². The molecule has 0 unspecified atom stereocenters. The van der Waals surface area contributed by atoms with E-state index in [9.17, 15) is 9.18 Å². The topological polar surface area (TPSA) is 74.5 Å². The van der Waals surface area contributed by atoms with Crippen LogP contribution in [0, 0.1) is 5.82 Å². The lowest BCUT2D eigenvalue weighted by molar-refractivity contribution is 0.627. The molecular weight excluding hydrogens is 353 g/mol. The maximum absolute atomic E-state index is 12.9. The molecule has 0 atom stereocenters. The van der Waals surface area contributed by atoms with Gasteiger partial charge in [0.1, 0.15) is 5.82 Å². The molecule has 3 aromatic rings. The summed E-state index contributed by atoms with van der Waals surface area (Å²) in [6.45, 7) is 0.564. The average Bonchev–Trinajstić information content (AvgIpc) is 2.95. The van der Waals surface area contributed by atoms with E-state index in [1.165, 1.54) is 12.1 Å². The van der Waals surface area contributed by atoms with Gasteiger partial charge in [-0.05, 0) is 29.8 Å². The molecule has 2 N–H and O–H groups in total. The lowest BCUT2D eigenvalue weighted by Gasteiger charge is -2.13. The number of nitrogens with zero attached hydrogens (tertiary/aromatic N) is 3. The third kappa shape index (κ3) is 3.28. The monoisotopic (exact) mass is 369 g/mol. The Labute approximate surface area is 152 Å². The minimum Gasteiger partial charge on any atom is -0.359 e. The first kappa shape index (κ1) is 16.6. The predicted molar refractivity (Wildman–Crippen MR) is 103 cm³/mol. The van der Waals surface area contributed by atoms with Gasteiger partial charge >= 0.3 is 5.69 Å². The van der Waals surface area contributed by atoms with Gasteiger partial charge in [0.05, 0.1) is 16.7 Å². The standard InChI is InChI=1S/C18H16FN5OS/c1-24-16-8-12(4-7-14(16)21-18(24)25)15-10-26-17(23-22-15)20-9-11-2-5-13(19)6-3-11/h2-8H,9-10H2,1H3,(H,20,23)(H,21,25). The second-order valence-corrected chi connectivity index (χ2v) is 6.91. The number of hydrogen-bond donors (Lipinski definition) is 2. The van der Waals surface area contributed by atoms with Crippen LogP contribution in [0.25, 0.3) is 11.0 Å². The first-order chi connectivity index (χ1) is 12.6. The molecule has 6 nitrogen and oxygen atoms in total. The summed E-state index contributed by atoms with van der Waals surface area (Å²) in [5.41, 5.74) is 4.28. The van der Waals surface area contributed by atoms with E-state index < -0.39 is 0 Å². The van der Waals surface area contributed by atoms with Crippen molar-refractivity contribution in [2.24, 2.45) is 17.3 Å². The highest BCUT2D eigenvalue weighted by Crippen LogP contribution is 2.18. The first-order valence-corrected chi connectivity index (χ1v) is 9.03. The Morgan fingerprint density at radius 2 is 2.04 bits per heavy atom. The van der Waals surface area contributed by atoms with Crippen LogP contribution in [-0.4, -0.2) is 26.2 Å². The van der Waals surface area contributed by atoms with E-state index in [0.29, 0.717) is 12.3 Å². The maximum atomic E-state index is 12.9. The van der Waals surface area contributed by atoms with Crippen molar-refractivity contribution >= 4 is 33.7 Å². The van der Waals surface area contributed by atoms with Crippen LogP contribution in [0.15, 0.2) is 57.5 Å². The molecule has 0 aliphatic carbocycles. The number of aryl methyl sites for hydroxylation is 1. The summed E-state index contributed by atoms with van der Waals surface area (Å²) in [5.74, 6) is 0.434. The van der Waals surface area contributed by atoms with E-state index in [4.69, 9.17) is 0 Å². The van der Waals surface area contributed by atoms with Crippen molar-refractivity contribution < 1.29 is 4.39 Å². The van der Waals surface area contributed by atoms with Gasteiger partial charge in [-0.1, -0.05) is 30.0 Å². The molecule has 132 valence electrons. The third-order valence-corrected chi connectivity index (χ3v) is 5.12. The van der Waals surface area contributed by atoms with Crippen LogP contribution in [-0.2, 0) is 13.6 Å². The number of amidine groups is 1. The van der Waals surface area contributed by atoms with Crippen LogP contribution in [0.5, 0.6) is 0 Å². The number of aromatic nitrogens is 2. The van der Waals surface area contributed by atoms with Crippen molar-refractivity contribution in [3.05, 3.63) is 69.9 Å². The minimum atomic E-state index is -0.246. The highest BCUT2D eigenvalue weighted by atomic mass is 32.2. The van der Waals surface area contributed by atoms with Crippen LogP contribution < -0.4 is 11.0 Å². The normalized spacial score (nSPS) is 14.2. The fraction of sp³-hybridized carbons (Fsp3) is 0.167. The quantitative estimate of drug-likeness (QED) is 0.745. The van der Waals surface area contributed by atoms with Crippen LogP contribution >= 0.6 is 11.8 Å². The second-order valence-electron chi connectivity index (χ2n) is 5.94. The number of thioether (sulfide) groups is 1. The molecule has 1 aliphatic heterocycles. The number of imidazole rings is 1. The lowest BCUT2D eigenvalue weighted by atomic mass is 10.1. The van der Waals surface area contributed by atoms with E-state index in [1.807, 2.05) is 18.2 Å². The fourth-order valence-electron chi connectivity index (χ4n) is 2.71. The Hall–Kier alpha value is -2.87. The van der Waals surface area contributed by atoms with Crippen molar-refractivity contribution in [2.45, 2.75) is 6.54 Å². The number of nitrogens with one attached hydrogen (secondary N) is 2. The van der Waals surface area contributed by atoms with Gasteiger partial charge in [-0.3, -0.25) is 4.57 Å². The fourth-order valence-corrected chi connectivity index (χ4v) is 3.48. The zero-order chi connectivity index (χ0) is 18.1. The number of halogens is 1. The van der Waals surface area contributed by atoms with Crippen LogP contribution in [0.3, 0.4) is 0 Å². The molecule has 2 aromatic carbocycles. The SMILES string of the molecule is Cn1c(=O)[nH]c2ccc(C3=NN=C(NCc4ccc(F)cc4)SC3)cc21. The molecule has 1 aliphatic rings. The van der Waals surface area contributed by atoms with Crippen LogP contribution in [0.1, 0.15) is 11.1 Å². The van der Waals surface area contributed by atoms with Gasteiger partial charge in [0.15, 0.2) is 5.17 Å². The van der Waals surface area contributed by atoms with Gasteiger partial charge in [-0.15, -0.1) is 5.10 Å². The molecule has 0 amide bonds. The van der Waals surface area contributed by atoms with Crippen molar-refractivity contribution in [2.75, 3.05) is 5.75 Å². The number of aromatic amines is 1. The Bertz CT molecular complexity index is 1080. The van der Waals surface area contributed by atoms with Gasteiger partial charge in [-0.25, -0.2) is 9.18 Å². The summed E-state index contributed by atoms with van der Waals surface area (Å²) < 4.78 is 14.5. The van der Waals surface area contributed by atoms with Gasteiger partial charge < -0.3 is 10.3 Å². The molecule has 2 heterocycles.